The van der Waals surface area contributed by atoms with Crippen molar-refractivity contribution in [3.05, 3.63) is 48.3 Å². The van der Waals surface area contributed by atoms with Gasteiger partial charge in [-0.3, -0.25) is 0 Å². The number of imidazole rings is 2. The summed E-state index contributed by atoms with van der Waals surface area (Å²) >= 11 is 0. The van der Waals surface area contributed by atoms with E-state index < -0.39 is 0 Å². The van der Waals surface area contributed by atoms with Crippen LogP contribution in [0.5, 0.6) is 0 Å². The van der Waals surface area contributed by atoms with Gasteiger partial charge in [0, 0.05) is 45.2 Å². The Kier molecular flexibility index (Phi) is 4.08. The Morgan fingerprint density at radius 2 is 2.25 bits per heavy atom. The van der Waals surface area contributed by atoms with Crippen LogP contribution in [0.25, 0.3) is 11.0 Å². The Balaban J connectivity index is 1.47. The molecule has 0 spiro atoms. The smallest absolute Gasteiger partial charge is 0.139 e. The van der Waals surface area contributed by atoms with Crippen LogP contribution in [0.15, 0.2) is 36.9 Å². The van der Waals surface area contributed by atoms with E-state index in [0.717, 1.165) is 43.0 Å². The molecule has 1 aromatic carbocycles. The number of hydrogen-bond donors (Lipinski definition) is 1. The average molecular weight is 325 g/mol. The normalized spacial score (nSPS) is 20.9. The highest BCUT2D eigenvalue weighted by molar-refractivity contribution is 5.75. The molecule has 0 saturated carbocycles. The molecule has 0 radical (unpaired) electrons. The molecular weight excluding hydrogens is 302 g/mol. The lowest BCUT2D eigenvalue weighted by Crippen LogP contribution is -2.32. The van der Waals surface area contributed by atoms with Crippen molar-refractivity contribution >= 4 is 11.0 Å². The average Bonchev–Trinajstić information content (AvgIpc) is 3.32. The fourth-order valence-corrected chi connectivity index (χ4v) is 3.44. The highest BCUT2D eigenvalue weighted by Gasteiger charge is 2.32. The summed E-state index contributed by atoms with van der Waals surface area (Å²) in [6.07, 6.45) is 6.76. The summed E-state index contributed by atoms with van der Waals surface area (Å²) < 4.78 is 10.1. The monoisotopic (exact) mass is 325 g/mol. The minimum atomic E-state index is 0.0264. The van der Waals surface area contributed by atoms with Crippen LogP contribution in [-0.2, 0) is 24.9 Å². The molecule has 3 aromatic rings. The molecule has 0 unspecified atom stereocenters. The van der Waals surface area contributed by atoms with Crippen LogP contribution in [0.3, 0.4) is 0 Å². The number of nitrogens with zero attached hydrogens (tertiary/aromatic N) is 4. The molecule has 3 heterocycles. The van der Waals surface area contributed by atoms with E-state index in [1.807, 2.05) is 30.3 Å². The predicted octanol–water partition coefficient (Wildman–Crippen LogP) is 2.41. The van der Waals surface area contributed by atoms with Crippen LogP contribution in [0.1, 0.15) is 30.8 Å². The van der Waals surface area contributed by atoms with Gasteiger partial charge in [0.05, 0.1) is 17.4 Å². The Bertz CT molecular complexity index is 837. The number of fused-ring (bicyclic) bond motifs is 1. The first-order valence-electron chi connectivity index (χ1n) is 8.52. The van der Waals surface area contributed by atoms with Gasteiger partial charge in [-0.25, -0.2) is 9.97 Å². The summed E-state index contributed by atoms with van der Waals surface area (Å²) in [6, 6.07) is 6.73. The molecule has 126 valence electrons. The summed E-state index contributed by atoms with van der Waals surface area (Å²) in [5, 5.41) is 3.65. The van der Waals surface area contributed by atoms with E-state index in [1.165, 1.54) is 5.56 Å². The molecule has 1 aliphatic rings. The Labute approximate surface area is 141 Å². The summed E-state index contributed by atoms with van der Waals surface area (Å²) in [6.45, 7) is 4.63. The van der Waals surface area contributed by atoms with Crippen molar-refractivity contribution in [2.75, 3.05) is 6.61 Å². The van der Waals surface area contributed by atoms with Crippen LogP contribution in [0.4, 0.5) is 0 Å². The third-order valence-electron chi connectivity index (χ3n) is 4.79. The highest BCUT2D eigenvalue weighted by Crippen LogP contribution is 2.28. The molecular formula is C18H23N5O. The molecule has 4 rings (SSSR count). The summed E-state index contributed by atoms with van der Waals surface area (Å²) in [4.78, 5) is 8.94. The molecule has 1 aliphatic heterocycles. The van der Waals surface area contributed by atoms with Crippen LogP contribution >= 0.6 is 0 Å². The van der Waals surface area contributed by atoms with E-state index >= 15 is 0 Å². The zero-order chi connectivity index (χ0) is 16.5. The van der Waals surface area contributed by atoms with Gasteiger partial charge in [0.15, 0.2) is 0 Å². The fourth-order valence-electron chi connectivity index (χ4n) is 3.44. The number of benzene rings is 1. The molecule has 6 heteroatoms. The quantitative estimate of drug-likeness (QED) is 0.783. The Morgan fingerprint density at radius 3 is 3.12 bits per heavy atom. The zero-order valence-electron chi connectivity index (χ0n) is 14.1. The van der Waals surface area contributed by atoms with Crippen molar-refractivity contribution in [1.82, 2.24) is 24.4 Å². The second kappa shape index (κ2) is 6.37. The minimum absolute atomic E-state index is 0.0264. The van der Waals surface area contributed by atoms with E-state index in [2.05, 4.69) is 45.0 Å². The van der Waals surface area contributed by atoms with Gasteiger partial charge in [0.1, 0.15) is 11.9 Å². The molecule has 0 aliphatic carbocycles. The topological polar surface area (TPSA) is 56.9 Å². The van der Waals surface area contributed by atoms with Crippen molar-refractivity contribution in [2.45, 2.75) is 38.6 Å². The van der Waals surface area contributed by atoms with E-state index in [1.54, 1.807) is 0 Å². The summed E-state index contributed by atoms with van der Waals surface area (Å²) in [5.74, 6) is 1.02. The van der Waals surface area contributed by atoms with Gasteiger partial charge >= 0.3 is 0 Å². The first-order chi connectivity index (χ1) is 11.8. The molecule has 0 amide bonds. The second-order valence-electron chi connectivity index (χ2n) is 6.32. The van der Waals surface area contributed by atoms with Gasteiger partial charge in [-0.05, 0) is 31.0 Å². The van der Waals surface area contributed by atoms with Gasteiger partial charge < -0.3 is 19.2 Å². The molecule has 0 bridgehead atoms. The fraction of sp³-hybridized carbons (Fsp3) is 0.444. The van der Waals surface area contributed by atoms with Crippen LogP contribution in [0.2, 0.25) is 0 Å². The van der Waals surface area contributed by atoms with Gasteiger partial charge in [0.2, 0.25) is 0 Å². The SMILES string of the molecule is CCn1ccnc1[C@H]1OCC[C@@H]1NCc1ccc2c(c1)ncn2C. The number of rotatable bonds is 5. The van der Waals surface area contributed by atoms with E-state index in [9.17, 15) is 0 Å². The standard InChI is InChI=1S/C18H23N5O/c1-3-23-8-7-19-18(23)17-14(6-9-24-17)20-11-13-4-5-16-15(10-13)21-12-22(16)2/h4-5,7-8,10,12,14,17,20H,3,6,9,11H2,1-2H3/t14-,17-/m0/s1. The second-order valence-corrected chi connectivity index (χ2v) is 6.32. The number of aromatic nitrogens is 4. The molecule has 1 fully saturated rings. The maximum Gasteiger partial charge on any atom is 0.139 e. The maximum absolute atomic E-state index is 5.95. The number of hydrogen-bond acceptors (Lipinski definition) is 4. The lowest BCUT2D eigenvalue weighted by molar-refractivity contribution is 0.0886. The first-order valence-corrected chi connectivity index (χ1v) is 8.52. The number of ether oxygens (including phenoxy) is 1. The molecule has 2 atom stereocenters. The van der Waals surface area contributed by atoms with E-state index in [4.69, 9.17) is 4.74 Å². The third-order valence-corrected chi connectivity index (χ3v) is 4.79. The third kappa shape index (κ3) is 2.72. The maximum atomic E-state index is 5.95. The van der Waals surface area contributed by atoms with Crippen molar-refractivity contribution < 1.29 is 4.74 Å². The first kappa shape index (κ1) is 15.4. The molecule has 1 saturated heterocycles. The Hall–Kier alpha value is -2.18. The van der Waals surface area contributed by atoms with Crippen molar-refractivity contribution in [1.29, 1.82) is 0 Å². The van der Waals surface area contributed by atoms with E-state index in [-0.39, 0.29) is 12.1 Å². The number of aryl methyl sites for hydroxylation is 2. The van der Waals surface area contributed by atoms with Crippen LogP contribution in [0, 0.1) is 0 Å². The van der Waals surface area contributed by atoms with Crippen molar-refractivity contribution in [2.24, 2.45) is 7.05 Å². The number of nitrogens with one attached hydrogen (secondary N) is 1. The molecule has 6 nitrogen and oxygen atoms in total. The van der Waals surface area contributed by atoms with Gasteiger partial charge in [-0.2, -0.15) is 0 Å². The lowest BCUT2D eigenvalue weighted by atomic mass is 10.1. The molecule has 24 heavy (non-hydrogen) atoms. The van der Waals surface area contributed by atoms with Crippen molar-refractivity contribution in [3.8, 4) is 0 Å². The van der Waals surface area contributed by atoms with Gasteiger partial charge in [0.25, 0.3) is 0 Å². The van der Waals surface area contributed by atoms with E-state index in [0.29, 0.717) is 0 Å². The zero-order valence-corrected chi connectivity index (χ0v) is 14.1. The summed E-state index contributed by atoms with van der Waals surface area (Å²) in [5.41, 5.74) is 3.44. The summed E-state index contributed by atoms with van der Waals surface area (Å²) in [7, 11) is 2.02. The van der Waals surface area contributed by atoms with Crippen molar-refractivity contribution in [3.63, 3.8) is 0 Å². The predicted molar refractivity (Wildman–Crippen MR) is 92.6 cm³/mol. The largest absolute Gasteiger partial charge is 0.369 e. The molecule has 2 aromatic heterocycles. The van der Waals surface area contributed by atoms with Crippen LogP contribution < -0.4 is 5.32 Å². The highest BCUT2D eigenvalue weighted by atomic mass is 16.5. The lowest BCUT2D eigenvalue weighted by Gasteiger charge is -2.20. The molecule has 1 N–H and O–H groups in total. The van der Waals surface area contributed by atoms with Crippen LogP contribution in [-0.4, -0.2) is 31.8 Å². The Morgan fingerprint density at radius 1 is 1.33 bits per heavy atom. The van der Waals surface area contributed by atoms with Gasteiger partial charge in [-0.1, -0.05) is 6.07 Å². The minimum Gasteiger partial charge on any atom is -0.369 e. The van der Waals surface area contributed by atoms with Gasteiger partial charge in [-0.15, -0.1) is 0 Å².